The molecule has 0 spiro atoms. The minimum atomic E-state index is -3.48. The summed E-state index contributed by atoms with van der Waals surface area (Å²) in [4.78, 5) is 3.34. The number of morpholine rings is 1. The van der Waals surface area contributed by atoms with E-state index in [4.69, 9.17) is 4.74 Å². The minimum Gasteiger partial charge on any atom is -0.379 e. The van der Waals surface area contributed by atoms with E-state index in [1.54, 1.807) is 18.3 Å². The number of pyridine rings is 1. The summed E-state index contributed by atoms with van der Waals surface area (Å²) in [6.45, 7) is 7.93. The molecular weight excluding hydrogens is 350 g/mol. The summed E-state index contributed by atoms with van der Waals surface area (Å²) in [5.74, 6) is 0.777. The highest BCUT2D eigenvalue weighted by Gasteiger charge is 2.27. The quantitative estimate of drug-likeness (QED) is 0.869. The molecule has 0 saturated carbocycles. The molecule has 1 aromatic heterocycles. The van der Waals surface area contributed by atoms with Crippen molar-refractivity contribution >= 4 is 15.8 Å². The van der Waals surface area contributed by atoms with Gasteiger partial charge in [0, 0.05) is 19.2 Å². The lowest BCUT2D eigenvalue weighted by atomic mass is 10.00. The Bertz CT molecular complexity index is 860. The maximum absolute atomic E-state index is 12.7. The van der Waals surface area contributed by atoms with Crippen LogP contribution in [0.15, 0.2) is 41.4 Å². The fourth-order valence-electron chi connectivity index (χ4n) is 3.13. The highest BCUT2D eigenvalue weighted by Crippen LogP contribution is 2.22. The molecule has 2 heterocycles. The highest BCUT2D eigenvalue weighted by molar-refractivity contribution is 7.89. The Morgan fingerprint density at radius 3 is 2.54 bits per heavy atom. The summed E-state index contributed by atoms with van der Waals surface area (Å²) >= 11 is 0. The van der Waals surface area contributed by atoms with E-state index in [1.165, 1.54) is 21.0 Å². The fourth-order valence-corrected chi connectivity index (χ4v) is 4.51. The summed E-state index contributed by atoms with van der Waals surface area (Å²) < 4.78 is 32.0. The molecule has 3 rings (SSSR count). The second-order valence-electron chi connectivity index (χ2n) is 6.68. The SMILES string of the molecule is Cc1ccc(C)c([C@@H](C)Nc2ccc(S(=O)(=O)N3CCOCC3)c[nH+]2)c1. The first-order chi connectivity index (χ1) is 12.4. The van der Waals surface area contributed by atoms with Crippen LogP contribution in [0.1, 0.15) is 29.7 Å². The summed E-state index contributed by atoms with van der Waals surface area (Å²) in [5, 5.41) is 3.40. The number of rotatable bonds is 5. The van der Waals surface area contributed by atoms with Crippen LogP contribution in [0.2, 0.25) is 0 Å². The molecule has 2 N–H and O–H groups in total. The van der Waals surface area contributed by atoms with Crippen molar-refractivity contribution in [1.29, 1.82) is 0 Å². The molecule has 1 aromatic carbocycles. The predicted molar refractivity (Wildman–Crippen MR) is 101 cm³/mol. The van der Waals surface area contributed by atoms with Crippen molar-refractivity contribution in [2.75, 3.05) is 31.6 Å². The van der Waals surface area contributed by atoms with Gasteiger partial charge in [0.05, 0.1) is 13.2 Å². The molecule has 1 aliphatic heterocycles. The Balaban J connectivity index is 1.74. The largest absolute Gasteiger partial charge is 0.379 e. The molecule has 2 aromatic rings. The number of anilines is 1. The van der Waals surface area contributed by atoms with Gasteiger partial charge in [0.1, 0.15) is 17.1 Å². The zero-order chi connectivity index (χ0) is 18.7. The lowest BCUT2D eigenvalue weighted by Crippen LogP contribution is -2.40. The number of nitrogens with zero attached hydrogens (tertiary/aromatic N) is 1. The number of H-pyrrole nitrogens is 1. The average molecular weight is 377 g/mol. The van der Waals surface area contributed by atoms with Gasteiger partial charge in [-0.15, -0.1) is 0 Å². The van der Waals surface area contributed by atoms with Crippen LogP contribution in [0, 0.1) is 13.8 Å². The lowest BCUT2D eigenvalue weighted by molar-refractivity contribution is -0.364. The standard InChI is InChI=1S/C19H25N3O3S/c1-14-4-5-15(2)18(12-14)16(3)21-19-7-6-17(13-20-19)26(23,24)22-8-10-25-11-9-22/h4-7,12-13,16H,8-11H2,1-3H3,(H,20,21)/p+1/t16-/m1/s1. The maximum atomic E-state index is 12.7. The van der Waals surface area contributed by atoms with Gasteiger partial charge < -0.3 is 4.74 Å². The number of benzene rings is 1. The van der Waals surface area contributed by atoms with Crippen molar-refractivity contribution in [2.24, 2.45) is 0 Å². The number of aromatic nitrogens is 1. The number of hydrogen-bond donors (Lipinski definition) is 1. The second-order valence-corrected chi connectivity index (χ2v) is 8.62. The minimum absolute atomic E-state index is 0.104. The summed E-state index contributed by atoms with van der Waals surface area (Å²) in [6, 6.07) is 9.90. The molecule has 0 bridgehead atoms. The highest BCUT2D eigenvalue weighted by atomic mass is 32.2. The average Bonchev–Trinajstić information content (AvgIpc) is 2.65. The van der Waals surface area contributed by atoms with Crippen molar-refractivity contribution in [1.82, 2.24) is 4.31 Å². The molecule has 0 amide bonds. The zero-order valence-electron chi connectivity index (χ0n) is 15.5. The number of sulfonamides is 1. The first-order valence-electron chi connectivity index (χ1n) is 8.81. The fraction of sp³-hybridized carbons (Fsp3) is 0.421. The normalized spacial score (nSPS) is 17.0. The van der Waals surface area contributed by atoms with Gasteiger partial charge in [-0.25, -0.2) is 13.4 Å². The van der Waals surface area contributed by atoms with Crippen LogP contribution >= 0.6 is 0 Å². The van der Waals surface area contributed by atoms with Crippen LogP contribution in [0.5, 0.6) is 0 Å². The Morgan fingerprint density at radius 2 is 1.88 bits per heavy atom. The third-order valence-electron chi connectivity index (χ3n) is 4.67. The maximum Gasteiger partial charge on any atom is 0.272 e. The van der Waals surface area contributed by atoms with Gasteiger partial charge in [0.2, 0.25) is 10.0 Å². The number of aromatic amines is 1. The van der Waals surface area contributed by atoms with Crippen molar-refractivity contribution in [2.45, 2.75) is 31.7 Å². The van der Waals surface area contributed by atoms with Gasteiger partial charge in [0.15, 0.2) is 0 Å². The van der Waals surface area contributed by atoms with E-state index in [9.17, 15) is 8.42 Å². The number of ether oxygens (including phenoxy) is 1. The second kappa shape index (κ2) is 7.73. The first-order valence-corrected chi connectivity index (χ1v) is 10.3. The third-order valence-corrected chi connectivity index (χ3v) is 6.56. The topological polar surface area (TPSA) is 72.8 Å². The predicted octanol–water partition coefficient (Wildman–Crippen LogP) is 2.31. The lowest BCUT2D eigenvalue weighted by Gasteiger charge is -2.25. The molecule has 0 unspecified atom stereocenters. The van der Waals surface area contributed by atoms with Gasteiger partial charge in [0.25, 0.3) is 5.82 Å². The van der Waals surface area contributed by atoms with Crippen LogP contribution in [0.3, 0.4) is 0 Å². The molecule has 6 nitrogen and oxygen atoms in total. The van der Waals surface area contributed by atoms with Crippen molar-refractivity contribution in [3.8, 4) is 0 Å². The Morgan fingerprint density at radius 1 is 1.15 bits per heavy atom. The number of aryl methyl sites for hydroxylation is 2. The van der Waals surface area contributed by atoms with Crippen LogP contribution in [0.4, 0.5) is 5.82 Å². The Labute approximate surface area is 155 Å². The van der Waals surface area contributed by atoms with Gasteiger partial charge in [-0.3, -0.25) is 5.32 Å². The van der Waals surface area contributed by atoms with Crippen molar-refractivity contribution < 1.29 is 18.1 Å². The molecule has 26 heavy (non-hydrogen) atoms. The van der Waals surface area contributed by atoms with Gasteiger partial charge >= 0.3 is 0 Å². The molecule has 1 saturated heterocycles. The van der Waals surface area contributed by atoms with Crippen molar-refractivity contribution in [3.63, 3.8) is 0 Å². The summed E-state index contributed by atoms with van der Waals surface area (Å²) in [6.07, 6.45) is 1.54. The van der Waals surface area contributed by atoms with Gasteiger partial charge in [-0.05, 0) is 38.0 Å². The zero-order valence-corrected chi connectivity index (χ0v) is 16.3. The summed E-state index contributed by atoms with van der Waals surface area (Å²) in [7, 11) is -3.48. The van der Waals surface area contributed by atoms with E-state index in [-0.39, 0.29) is 10.9 Å². The number of nitrogens with one attached hydrogen (secondary N) is 2. The van der Waals surface area contributed by atoms with Crippen LogP contribution in [-0.4, -0.2) is 39.0 Å². The van der Waals surface area contributed by atoms with Gasteiger partial charge in [-0.1, -0.05) is 23.8 Å². The smallest absolute Gasteiger partial charge is 0.272 e. The summed E-state index contributed by atoms with van der Waals surface area (Å²) in [5.41, 5.74) is 3.67. The molecule has 0 radical (unpaired) electrons. The number of hydrogen-bond acceptors (Lipinski definition) is 4. The molecule has 7 heteroatoms. The Hall–Kier alpha value is -1.96. The molecule has 1 fully saturated rings. The van der Waals surface area contributed by atoms with Crippen LogP contribution < -0.4 is 10.3 Å². The van der Waals surface area contributed by atoms with E-state index in [0.29, 0.717) is 26.3 Å². The van der Waals surface area contributed by atoms with Crippen LogP contribution in [-0.2, 0) is 14.8 Å². The molecule has 140 valence electrons. The van der Waals surface area contributed by atoms with E-state index >= 15 is 0 Å². The molecule has 1 aliphatic rings. The molecule has 0 aliphatic carbocycles. The van der Waals surface area contributed by atoms with E-state index in [1.807, 2.05) is 0 Å². The van der Waals surface area contributed by atoms with E-state index < -0.39 is 10.0 Å². The molecule has 1 atom stereocenters. The Kier molecular flexibility index (Phi) is 5.60. The van der Waals surface area contributed by atoms with E-state index in [2.05, 4.69) is 49.3 Å². The van der Waals surface area contributed by atoms with Crippen LogP contribution in [0.25, 0.3) is 0 Å². The monoisotopic (exact) mass is 376 g/mol. The molecular formula is C19H26N3O3S+. The third kappa shape index (κ3) is 4.06. The van der Waals surface area contributed by atoms with Gasteiger partial charge in [-0.2, -0.15) is 4.31 Å². The van der Waals surface area contributed by atoms with Crippen molar-refractivity contribution in [3.05, 3.63) is 53.2 Å². The van der Waals surface area contributed by atoms with E-state index in [0.717, 1.165) is 5.82 Å². The first kappa shape index (κ1) is 18.8.